The van der Waals surface area contributed by atoms with Crippen molar-refractivity contribution < 1.29 is 29.3 Å². The fourth-order valence-corrected chi connectivity index (χ4v) is 5.02. The van der Waals surface area contributed by atoms with Crippen molar-refractivity contribution in [3.8, 4) is 0 Å². The predicted molar refractivity (Wildman–Crippen MR) is 193 cm³/mol. The smallest absolute Gasteiger partial charge is 0.306 e. The average Bonchev–Trinajstić information content (AvgIpc) is 3.03. The molecule has 2 N–H and O–H groups in total. The van der Waals surface area contributed by atoms with Crippen LogP contribution in [0.3, 0.4) is 0 Å². The first-order chi connectivity index (χ1) is 22.4. The molecule has 0 bridgehead atoms. The zero-order valence-electron chi connectivity index (χ0n) is 29.8. The van der Waals surface area contributed by atoms with Crippen LogP contribution in [-0.4, -0.2) is 47.6 Å². The average molecular weight is 647 g/mol. The van der Waals surface area contributed by atoms with Crippen LogP contribution < -0.4 is 0 Å². The normalized spacial score (nSPS) is 13.5. The van der Waals surface area contributed by atoms with Crippen molar-refractivity contribution >= 4 is 11.9 Å². The largest absolute Gasteiger partial charge is 0.462 e. The van der Waals surface area contributed by atoms with Crippen LogP contribution in [0, 0.1) is 5.92 Å². The van der Waals surface area contributed by atoms with E-state index in [9.17, 15) is 19.8 Å². The molecule has 0 aliphatic heterocycles. The van der Waals surface area contributed by atoms with E-state index in [1.165, 1.54) is 64.2 Å². The van der Waals surface area contributed by atoms with Crippen molar-refractivity contribution in [1.82, 2.24) is 0 Å². The molecule has 46 heavy (non-hydrogen) atoms. The molecule has 0 aromatic carbocycles. The van der Waals surface area contributed by atoms with Gasteiger partial charge >= 0.3 is 11.9 Å². The highest BCUT2D eigenvalue weighted by molar-refractivity contribution is 5.70. The van der Waals surface area contributed by atoms with E-state index in [0.29, 0.717) is 12.8 Å². The fraction of sp³-hybridized carbons (Fsp3) is 0.750. The Morgan fingerprint density at radius 1 is 0.652 bits per heavy atom. The quantitative estimate of drug-likeness (QED) is 0.0327. The Balaban J connectivity index is 3.73. The van der Waals surface area contributed by atoms with Gasteiger partial charge in [0.05, 0.1) is 12.7 Å². The Bertz CT molecular complexity index is 813. The molecule has 0 aromatic heterocycles. The Kier molecular flexibility index (Phi) is 32.5. The molecule has 0 aromatic rings. The van der Waals surface area contributed by atoms with E-state index in [1.807, 2.05) is 18.2 Å². The summed E-state index contributed by atoms with van der Waals surface area (Å²) in [5, 5.41) is 19.4. The lowest BCUT2D eigenvalue weighted by Crippen LogP contribution is -2.28. The topological polar surface area (TPSA) is 93.1 Å². The molecule has 0 saturated carbocycles. The van der Waals surface area contributed by atoms with Gasteiger partial charge in [0.2, 0.25) is 0 Å². The van der Waals surface area contributed by atoms with Crippen LogP contribution in [-0.2, 0) is 19.1 Å². The first-order valence-corrected chi connectivity index (χ1v) is 18.7. The molecular formula is C40H70O6. The van der Waals surface area contributed by atoms with Crippen LogP contribution in [0.25, 0.3) is 0 Å². The number of hydrogen-bond donors (Lipinski definition) is 2. The Morgan fingerprint density at radius 3 is 1.85 bits per heavy atom. The van der Waals surface area contributed by atoms with Crippen LogP contribution in [0.2, 0.25) is 0 Å². The summed E-state index contributed by atoms with van der Waals surface area (Å²) in [6.07, 6.45) is 37.8. The maximum absolute atomic E-state index is 12.1. The Hall–Kier alpha value is -2.18. The van der Waals surface area contributed by atoms with Crippen LogP contribution in [0.15, 0.2) is 48.6 Å². The number of aliphatic hydroxyl groups is 2. The van der Waals surface area contributed by atoms with Crippen molar-refractivity contribution in [2.45, 2.75) is 174 Å². The number of esters is 2. The van der Waals surface area contributed by atoms with Crippen LogP contribution in [0.5, 0.6) is 0 Å². The van der Waals surface area contributed by atoms with E-state index in [2.05, 4.69) is 51.2 Å². The van der Waals surface area contributed by atoms with Gasteiger partial charge in [0.1, 0.15) is 6.61 Å². The molecule has 0 radical (unpaired) electrons. The van der Waals surface area contributed by atoms with Crippen molar-refractivity contribution in [3.63, 3.8) is 0 Å². The molecule has 6 heteroatoms. The number of hydrogen-bond acceptors (Lipinski definition) is 6. The molecule has 6 nitrogen and oxygen atoms in total. The summed E-state index contributed by atoms with van der Waals surface area (Å²) in [5.74, 6) is 0.142. The van der Waals surface area contributed by atoms with Gasteiger partial charge in [0.15, 0.2) is 6.10 Å². The van der Waals surface area contributed by atoms with Gasteiger partial charge in [-0.3, -0.25) is 9.59 Å². The summed E-state index contributed by atoms with van der Waals surface area (Å²) in [6.45, 7) is 6.29. The van der Waals surface area contributed by atoms with Crippen LogP contribution >= 0.6 is 0 Å². The second kappa shape index (κ2) is 34.2. The van der Waals surface area contributed by atoms with Crippen molar-refractivity contribution in [2.24, 2.45) is 5.92 Å². The summed E-state index contributed by atoms with van der Waals surface area (Å²) >= 11 is 0. The van der Waals surface area contributed by atoms with E-state index in [1.54, 1.807) is 0 Å². The van der Waals surface area contributed by atoms with E-state index >= 15 is 0 Å². The lowest BCUT2D eigenvalue weighted by Gasteiger charge is -2.15. The molecule has 0 spiro atoms. The SMILES string of the molecule is CCCCC[C@H](O)/C=C/C=C\C/C=C\C/C=C\CCCC(=O)O[C@@H](CO)COC(=O)CCCCCCCCCCCCCC(C)C. The zero-order chi connectivity index (χ0) is 33.9. The number of carbonyl (C=O) groups is 2. The van der Waals surface area contributed by atoms with Gasteiger partial charge in [-0.25, -0.2) is 0 Å². The zero-order valence-corrected chi connectivity index (χ0v) is 29.8. The van der Waals surface area contributed by atoms with Crippen molar-refractivity contribution in [2.75, 3.05) is 13.2 Å². The molecule has 0 fully saturated rings. The minimum absolute atomic E-state index is 0.0999. The highest BCUT2D eigenvalue weighted by atomic mass is 16.6. The number of unbranched alkanes of at least 4 members (excludes halogenated alkanes) is 13. The van der Waals surface area contributed by atoms with Crippen LogP contribution in [0.1, 0.15) is 162 Å². The Labute approximate surface area is 282 Å². The standard InChI is InChI=1S/C40H70O6/c1-4-5-24-30-37(42)31-26-21-17-13-9-7-11-15-19-23-28-33-40(44)46-38(34-41)35-45-39(43)32-27-22-18-14-10-6-8-12-16-20-25-29-36(2)3/h7,9,15,17,19,21,26,31,36-38,41-42H,4-6,8,10-14,16,18,20,22-25,27-30,32-35H2,1-3H3/b9-7-,19-15-,21-17-,31-26+/t37-,38-/m0/s1. The van der Waals surface area contributed by atoms with Crippen molar-refractivity contribution in [3.05, 3.63) is 48.6 Å². The van der Waals surface area contributed by atoms with Crippen LogP contribution in [0.4, 0.5) is 0 Å². The summed E-state index contributed by atoms with van der Waals surface area (Å²) in [4.78, 5) is 24.2. The number of aliphatic hydroxyl groups excluding tert-OH is 2. The first kappa shape index (κ1) is 43.8. The molecular weight excluding hydrogens is 576 g/mol. The second-order valence-corrected chi connectivity index (χ2v) is 13.0. The van der Waals surface area contributed by atoms with Gasteiger partial charge in [-0.2, -0.15) is 0 Å². The molecule has 0 aliphatic carbocycles. The summed E-state index contributed by atoms with van der Waals surface area (Å²) in [5.41, 5.74) is 0. The summed E-state index contributed by atoms with van der Waals surface area (Å²) in [6, 6.07) is 0. The highest BCUT2D eigenvalue weighted by Gasteiger charge is 2.16. The molecule has 0 saturated heterocycles. The monoisotopic (exact) mass is 647 g/mol. The summed E-state index contributed by atoms with van der Waals surface area (Å²) in [7, 11) is 0. The fourth-order valence-electron chi connectivity index (χ4n) is 5.02. The van der Waals surface area contributed by atoms with Crippen molar-refractivity contribution in [1.29, 1.82) is 0 Å². The van der Waals surface area contributed by atoms with E-state index in [0.717, 1.165) is 63.7 Å². The Morgan fingerprint density at radius 2 is 1.22 bits per heavy atom. The maximum atomic E-state index is 12.1. The third-order valence-corrected chi connectivity index (χ3v) is 7.91. The second-order valence-electron chi connectivity index (χ2n) is 13.0. The van der Waals surface area contributed by atoms with Gasteiger partial charge < -0.3 is 19.7 Å². The van der Waals surface area contributed by atoms with Gasteiger partial charge in [-0.05, 0) is 44.4 Å². The van der Waals surface area contributed by atoms with E-state index in [4.69, 9.17) is 9.47 Å². The van der Waals surface area contributed by atoms with Gasteiger partial charge in [0.25, 0.3) is 0 Å². The molecule has 2 atom stereocenters. The van der Waals surface area contributed by atoms with E-state index in [-0.39, 0.29) is 37.7 Å². The molecule has 0 aliphatic rings. The molecule has 0 unspecified atom stereocenters. The molecule has 0 heterocycles. The number of ether oxygens (including phenoxy) is 2. The number of rotatable bonds is 32. The maximum Gasteiger partial charge on any atom is 0.306 e. The highest BCUT2D eigenvalue weighted by Crippen LogP contribution is 2.14. The predicted octanol–water partition coefficient (Wildman–Crippen LogP) is 10.3. The first-order valence-electron chi connectivity index (χ1n) is 18.7. The van der Waals surface area contributed by atoms with Gasteiger partial charge in [0, 0.05) is 12.8 Å². The van der Waals surface area contributed by atoms with Gasteiger partial charge in [-0.1, -0.05) is 159 Å². The third kappa shape index (κ3) is 33.2. The molecule has 0 amide bonds. The lowest BCUT2D eigenvalue weighted by atomic mass is 10.0. The van der Waals surface area contributed by atoms with E-state index < -0.39 is 6.10 Å². The minimum Gasteiger partial charge on any atom is -0.462 e. The number of allylic oxidation sites excluding steroid dienone is 7. The molecule has 266 valence electrons. The third-order valence-electron chi connectivity index (χ3n) is 7.91. The molecule has 0 rings (SSSR count). The number of carbonyl (C=O) groups excluding carboxylic acids is 2. The van der Waals surface area contributed by atoms with Gasteiger partial charge in [-0.15, -0.1) is 0 Å². The minimum atomic E-state index is -0.812. The summed E-state index contributed by atoms with van der Waals surface area (Å²) < 4.78 is 10.5. The lowest BCUT2D eigenvalue weighted by molar-refractivity contribution is -0.161.